The first-order valence-electron chi connectivity index (χ1n) is 6.04. The molecule has 3 N–H and O–H groups in total. The van der Waals surface area contributed by atoms with Gasteiger partial charge < -0.3 is 10.5 Å². The van der Waals surface area contributed by atoms with Crippen LogP contribution in [0.1, 0.15) is 31.7 Å². The quantitative estimate of drug-likeness (QED) is 0.344. The Bertz CT molecular complexity index is 407. The van der Waals surface area contributed by atoms with E-state index in [1.807, 2.05) is 24.3 Å². The maximum absolute atomic E-state index is 5.71. The Labute approximate surface area is 113 Å². The topological polar surface area (TPSA) is 59.6 Å². The Morgan fingerprint density at radius 2 is 2.22 bits per heavy atom. The third kappa shape index (κ3) is 5.63. The van der Waals surface area contributed by atoms with Gasteiger partial charge in [-0.15, -0.1) is 0 Å². The van der Waals surface area contributed by atoms with Gasteiger partial charge in [0.2, 0.25) is 0 Å². The number of para-hydroxylation sites is 1. The summed E-state index contributed by atoms with van der Waals surface area (Å²) in [6.07, 6.45) is 5.07. The van der Waals surface area contributed by atoms with Gasteiger partial charge in [-0.05, 0) is 30.8 Å². The van der Waals surface area contributed by atoms with Crippen LogP contribution < -0.4 is 15.9 Å². The summed E-state index contributed by atoms with van der Waals surface area (Å²) in [5.41, 5.74) is 8.70. The van der Waals surface area contributed by atoms with Crippen molar-refractivity contribution in [3.63, 3.8) is 0 Å². The Balaban J connectivity index is 2.56. The van der Waals surface area contributed by atoms with E-state index in [4.69, 9.17) is 10.5 Å². The average molecular weight is 265 g/mol. The summed E-state index contributed by atoms with van der Waals surface area (Å²) < 4.78 is 5.71. The van der Waals surface area contributed by atoms with Crippen LogP contribution in [0.5, 0.6) is 5.75 Å². The van der Waals surface area contributed by atoms with Gasteiger partial charge in [-0.3, -0.25) is 5.43 Å². The van der Waals surface area contributed by atoms with E-state index < -0.39 is 0 Å². The van der Waals surface area contributed by atoms with Gasteiger partial charge in [0.25, 0.3) is 0 Å². The van der Waals surface area contributed by atoms with E-state index in [0.717, 1.165) is 24.3 Å². The molecule has 98 valence electrons. The van der Waals surface area contributed by atoms with Crippen LogP contribution in [-0.4, -0.2) is 17.9 Å². The predicted octanol–water partition coefficient (Wildman–Crippen LogP) is 2.42. The van der Waals surface area contributed by atoms with Crippen molar-refractivity contribution in [1.29, 1.82) is 0 Å². The van der Waals surface area contributed by atoms with Crippen molar-refractivity contribution in [1.82, 2.24) is 5.43 Å². The molecule has 0 atom stereocenters. The first-order valence-corrected chi connectivity index (χ1v) is 6.45. The van der Waals surface area contributed by atoms with Crippen LogP contribution in [0.3, 0.4) is 0 Å². The van der Waals surface area contributed by atoms with Crippen molar-refractivity contribution >= 4 is 23.5 Å². The maximum atomic E-state index is 5.71. The molecule has 0 aliphatic rings. The highest BCUT2D eigenvalue weighted by Gasteiger charge is 1.99. The minimum absolute atomic E-state index is 0.146. The zero-order chi connectivity index (χ0) is 13.2. The van der Waals surface area contributed by atoms with Crippen LogP contribution in [0.4, 0.5) is 0 Å². The number of thiocarbonyl (C=S) groups is 1. The number of hydrogen-bond donors (Lipinski definition) is 2. The molecule has 0 aliphatic heterocycles. The van der Waals surface area contributed by atoms with E-state index in [1.54, 1.807) is 6.21 Å². The zero-order valence-electron chi connectivity index (χ0n) is 10.6. The largest absolute Gasteiger partial charge is 0.493 e. The van der Waals surface area contributed by atoms with Gasteiger partial charge in [-0.1, -0.05) is 31.9 Å². The number of nitrogens with zero attached hydrogens (tertiary/aromatic N) is 1. The molecule has 0 saturated heterocycles. The number of nitrogens with one attached hydrogen (secondary N) is 1. The van der Waals surface area contributed by atoms with Crippen LogP contribution >= 0.6 is 12.2 Å². The fourth-order valence-electron chi connectivity index (χ4n) is 1.42. The highest BCUT2D eigenvalue weighted by molar-refractivity contribution is 7.80. The Kier molecular flexibility index (Phi) is 6.79. The number of nitrogens with two attached hydrogens (primary N) is 1. The lowest BCUT2D eigenvalue weighted by atomic mass is 10.2. The van der Waals surface area contributed by atoms with Crippen molar-refractivity contribution in [2.24, 2.45) is 10.8 Å². The molecule has 4 nitrogen and oxygen atoms in total. The minimum Gasteiger partial charge on any atom is -0.493 e. The van der Waals surface area contributed by atoms with E-state index in [1.165, 1.54) is 12.8 Å². The van der Waals surface area contributed by atoms with Crippen molar-refractivity contribution in [3.8, 4) is 5.75 Å². The summed E-state index contributed by atoms with van der Waals surface area (Å²) in [5.74, 6) is 0.821. The molecular formula is C13H19N3OS. The molecule has 18 heavy (non-hydrogen) atoms. The van der Waals surface area contributed by atoms with Gasteiger partial charge >= 0.3 is 0 Å². The molecule has 0 amide bonds. The lowest BCUT2D eigenvalue weighted by Crippen LogP contribution is -2.24. The van der Waals surface area contributed by atoms with Crippen LogP contribution in [0.25, 0.3) is 0 Å². The van der Waals surface area contributed by atoms with Crippen molar-refractivity contribution < 1.29 is 4.74 Å². The monoisotopic (exact) mass is 265 g/mol. The SMILES string of the molecule is CCCCCOc1ccccc1C=NNC(N)=S. The summed E-state index contributed by atoms with van der Waals surface area (Å²) in [5, 5.41) is 4.07. The highest BCUT2D eigenvalue weighted by atomic mass is 32.1. The Hall–Kier alpha value is -1.62. The molecule has 1 aromatic rings. The van der Waals surface area contributed by atoms with Crippen molar-refractivity contribution in [2.75, 3.05) is 6.61 Å². The number of rotatable bonds is 7. The van der Waals surface area contributed by atoms with E-state index in [2.05, 4.69) is 29.7 Å². The summed E-state index contributed by atoms with van der Waals surface area (Å²) in [6.45, 7) is 2.89. The molecule has 0 aliphatic carbocycles. The molecule has 0 saturated carbocycles. The summed E-state index contributed by atoms with van der Waals surface area (Å²) in [7, 11) is 0. The number of hydrogen-bond acceptors (Lipinski definition) is 3. The lowest BCUT2D eigenvalue weighted by Gasteiger charge is -2.08. The molecule has 5 heteroatoms. The lowest BCUT2D eigenvalue weighted by molar-refractivity contribution is 0.306. The molecule has 0 bridgehead atoms. The van der Waals surface area contributed by atoms with E-state index in [9.17, 15) is 0 Å². The second-order valence-corrected chi connectivity index (χ2v) is 4.27. The van der Waals surface area contributed by atoms with Gasteiger partial charge in [0.1, 0.15) is 5.75 Å². The van der Waals surface area contributed by atoms with Gasteiger partial charge in [-0.25, -0.2) is 0 Å². The second-order valence-electron chi connectivity index (χ2n) is 3.83. The predicted molar refractivity (Wildman–Crippen MR) is 79.0 cm³/mol. The molecule has 0 spiro atoms. The normalized spacial score (nSPS) is 10.5. The smallest absolute Gasteiger partial charge is 0.184 e. The van der Waals surface area contributed by atoms with Crippen molar-refractivity contribution in [2.45, 2.75) is 26.2 Å². The molecule has 0 aromatic heterocycles. The highest BCUT2D eigenvalue weighted by Crippen LogP contribution is 2.16. The van der Waals surface area contributed by atoms with Gasteiger partial charge in [0, 0.05) is 5.56 Å². The third-order valence-corrected chi connectivity index (χ3v) is 2.39. The molecule has 0 fully saturated rings. The van der Waals surface area contributed by atoms with Crippen LogP contribution in [-0.2, 0) is 0 Å². The first-order chi connectivity index (χ1) is 8.74. The average Bonchev–Trinajstić information content (AvgIpc) is 2.36. The molecule has 0 unspecified atom stereocenters. The molecule has 0 heterocycles. The number of ether oxygens (including phenoxy) is 1. The second kappa shape index (κ2) is 8.47. The maximum Gasteiger partial charge on any atom is 0.184 e. The number of hydrazone groups is 1. The van der Waals surface area contributed by atoms with Crippen LogP contribution in [0, 0.1) is 0 Å². The number of benzene rings is 1. The van der Waals surface area contributed by atoms with Gasteiger partial charge in [-0.2, -0.15) is 5.10 Å². The minimum atomic E-state index is 0.146. The zero-order valence-corrected chi connectivity index (χ0v) is 11.4. The fraction of sp³-hybridized carbons (Fsp3) is 0.385. The standard InChI is InChI=1S/C13H19N3OS/c1-2-3-6-9-17-12-8-5-4-7-11(12)10-15-16-13(14)18/h4-5,7-8,10H,2-3,6,9H2,1H3,(H3,14,16,18). The van der Waals surface area contributed by atoms with Crippen LogP contribution in [0.15, 0.2) is 29.4 Å². The summed E-state index contributed by atoms with van der Waals surface area (Å²) >= 11 is 4.66. The third-order valence-electron chi connectivity index (χ3n) is 2.30. The van der Waals surface area contributed by atoms with E-state index in [0.29, 0.717) is 0 Å². The van der Waals surface area contributed by atoms with Crippen LogP contribution in [0.2, 0.25) is 0 Å². The molecule has 0 radical (unpaired) electrons. The van der Waals surface area contributed by atoms with Gasteiger partial charge in [0.05, 0.1) is 12.8 Å². The number of unbranched alkanes of at least 4 members (excludes halogenated alkanes) is 2. The van der Waals surface area contributed by atoms with Crippen molar-refractivity contribution in [3.05, 3.63) is 29.8 Å². The molecule has 1 rings (SSSR count). The Morgan fingerprint density at radius 3 is 2.94 bits per heavy atom. The van der Waals surface area contributed by atoms with E-state index in [-0.39, 0.29) is 5.11 Å². The Morgan fingerprint density at radius 1 is 1.44 bits per heavy atom. The first kappa shape index (κ1) is 14.4. The van der Waals surface area contributed by atoms with E-state index >= 15 is 0 Å². The van der Waals surface area contributed by atoms with Gasteiger partial charge in [0.15, 0.2) is 5.11 Å². The molecule has 1 aromatic carbocycles. The fourth-order valence-corrected chi connectivity index (χ4v) is 1.47. The summed E-state index contributed by atoms with van der Waals surface area (Å²) in [4.78, 5) is 0. The summed E-state index contributed by atoms with van der Waals surface area (Å²) in [6, 6.07) is 7.72. The molecular weight excluding hydrogens is 246 g/mol.